The molecule has 0 radical (unpaired) electrons. The van der Waals surface area contributed by atoms with E-state index in [1.54, 1.807) is 24.3 Å². The third kappa shape index (κ3) is 4.16. The molecule has 1 aromatic heterocycles. The fourth-order valence-corrected chi connectivity index (χ4v) is 5.52. The Labute approximate surface area is 169 Å². The topological polar surface area (TPSA) is 111 Å². The van der Waals surface area contributed by atoms with Crippen LogP contribution in [0.3, 0.4) is 0 Å². The van der Waals surface area contributed by atoms with Crippen molar-refractivity contribution in [1.29, 1.82) is 0 Å². The van der Waals surface area contributed by atoms with Crippen LogP contribution in [0, 0.1) is 0 Å². The molecule has 0 saturated carbocycles. The molecule has 1 aromatic carbocycles. The van der Waals surface area contributed by atoms with Crippen molar-refractivity contribution < 1.29 is 17.9 Å². The lowest BCUT2D eigenvalue weighted by Gasteiger charge is -2.41. The number of carbonyl (C=O) groups is 1. The quantitative estimate of drug-likeness (QED) is 0.681. The van der Waals surface area contributed by atoms with Gasteiger partial charge in [-0.15, -0.1) is 11.3 Å². The standard InChI is InChI=1S/C19H25N3O4S2/c1-18(2)10-11-14(16(20)23)17(27-15(11)19(3,4)26-18)21-12-8-6-7-9-13(12)22-28(5,24)25/h6-9,21-22H,10H2,1-5H3,(H2,20,23). The highest BCUT2D eigenvalue weighted by Gasteiger charge is 2.42. The van der Waals surface area contributed by atoms with Gasteiger partial charge >= 0.3 is 0 Å². The molecule has 0 saturated heterocycles. The van der Waals surface area contributed by atoms with Gasteiger partial charge in [0.15, 0.2) is 0 Å². The second-order valence-corrected chi connectivity index (χ2v) is 10.8. The zero-order valence-electron chi connectivity index (χ0n) is 16.5. The van der Waals surface area contributed by atoms with Gasteiger partial charge in [-0.25, -0.2) is 8.42 Å². The Morgan fingerprint density at radius 3 is 2.36 bits per heavy atom. The van der Waals surface area contributed by atoms with Crippen LogP contribution in [-0.4, -0.2) is 26.2 Å². The van der Waals surface area contributed by atoms with Crippen LogP contribution in [0.5, 0.6) is 0 Å². The Balaban J connectivity index is 2.11. The molecule has 2 aromatic rings. The van der Waals surface area contributed by atoms with Crippen LogP contribution in [-0.2, 0) is 26.8 Å². The van der Waals surface area contributed by atoms with Crippen molar-refractivity contribution in [3.05, 3.63) is 40.3 Å². The monoisotopic (exact) mass is 423 g/mol. The maximum atomic E-state index is 12.3. The number of para-hydroxylation sites is 2. The molecule has 0 atom stereocenters. The Kier molecular flexibility index (Phi) is 4.97. The summed E-state index contributed by atoms with van der Waals surface area (Å²) in [5.74, 6) is -0.526. The molecular weight excluding hydrogens is 398 g/mol. The van der Waals surface area contributed by atoms with Crippen LogP contribution in [0.4, 0.5) is 16.4 Å². The minimum absolute atomic E-state index is 0.391. The number of benzene rings is 1. The summed E-state index contributed by atoms with van der Waals surface area (Å²) in [6, 6.07) is 6.90. The van der Waals surface area contributed by atoms with Gasteiger partial charge in [-0.3, -0.25) is 9.52 Å². The summed E-state index contributed by atoms with van der Waals surface area (Å²) in [7, 11) is -3.45. The lowest BCUT2D eigenvalue weighted by molar-refractivity contribution is -0.135. The lowest BCUT2D eigenvalue weighted by atomic mass is 9.86. The van der Waals surface area contributed by atoms with E-state index < -0.39 is 27.1 Å². The summed E-state index contributed by atoms with van der Waals surface area (Å²) in [6.45, 7) is 7.91. The fourth-order valence-electron chi connectivity index (χ4n) is 3.67. The molecule has 1 aliphatic rings. The molecular formula is C19H25N3O4S2. The molecule has 4 N–H and O–H groups in total. The smallest absolute Gasteiger partial charge is 0.251 e. The van der Waals surface area contributed by atoms with Gasteiger partial charge in [-0.2, -0.15) is 0 Å². The third-order valence-electron chi connectivity index (χ3n) is 4.40. The minimum Gasteiger partial charge on any atom is -0.365 e. The van der Waals surface area contributed by atoms with Crippen LogP contribution in [0.25, 0.3) is 0 Å². The van der Waals surface area contributed by atoms with Crippen molar-refractivity contribution >= 4 is 43.6 Å². The van der Waals surface area contributed by atoms with Crippen LogP contribution in [0.2, 0.25) is 0 Å². The summed E-state index contributed by atoms with van der Waals surface area (Å²) in [6.07, 6.45) is 1.65. The van der Waals surface area contributed by atoms with Crippen LogP contribution in [0.15, 0.2) is 24.3 Å². The van der Waals surface area contributed by atoms with Gasteiger partial charge in [0.05, 0.1) is 34.4 Å². The van der Waals surface area contributed by atoms with E-state index in [-0.39, 0.29) is 0 Å². The number of nitrogens with two attached hydrogens (primary N) is 1. The molecule has 9 heteroatoms. The van der Waals surface area contributed by atoms with E-state index in [9.17, 15) is 13.2 Å². The predicted molar refractivity (Wildman–Crippen MR) is 113 cm³/mol. The zero-order chi connectivity index (χ0) is 20.9. The number of primary amides is 1. The summed E-state index contributed by atoms with van der Waals surface area (Å²) in [4.78, 5) is 13.3. The normalized spacial score (nSPS) is 17.6. The number of hydrogen-bond acceptors (Lipinski definition) is 6. The van der Waals surface area contributed by atoms with Crippen LogP contribution < -0.4 is 15.8 Å². The van der Waals surface area contributed by atoms with E-state index in [2.05, 4.69) is 10.0 Å². The van der Waals surface area contributed by atoms with Gasteiger partial charge in [-0.1, -0.05) is 12.1 Å². The van der Waals surface area contributed by atoms with E-state index in [0.717, 1.165) is 16.7 Å². The van der Waals surface area contributed by atoms with Crippen molar-refractivity contribution in [2.75, 3.05) is 16.3 Å². The first-order valence-electron chi connectivity index (χ1n) is 8.79. The van der Waals surface area contributed by atoms with Gasteiger partial charge in [0.2, 0.25) is 10.0 Å². The first-order chi connectivity index (χ1) is 12.8. The highest BCUT2D eigenvalue weighted by molar-refractivity contribution is 7.92. The number of ether oxygens (including phenoxy) is 1. The highest BCUT2D eigenvalue weighted by atomic mass is 32.2. The summed E-state index contributed by atoms with van der Waals surface area (Å²) >= 11 is 1.41. The number of thiophene rings is 1. The predicted octanol–water partition coefficient (Wildman–Crippen LogP) is 3.55. The van der Waals surface area contributed by atoms with E-state index in [1.165, 1.54) is 11.3 Å². The Hall–Kier alpha value is -2.10. The number of nitrogens with one attached hydrogen (secondary N) is 2. The number of fused-ring (bicyclic) bond motifs is 1. The fraction of sp³-hybridized carbons (Fsp3) is 0.421. The van der Waals surface area contributed by atoms with Crippen molar-refractivity contribution in [2.45, 2.75) is 45.3 Å². The summed E-state index contributed by atoms with van der Waals surface area (Å²) in [5, 5.41) is 3.78. The molecule has 2 heterocycles. The Morgan fingerprint density at radius 2 is 1.79 bits per heavy atom. The molecule has 0 fully saturated rings. The number of rotatable bonds is 5. The Bertz CT molecular complexity index is 1040. The third-order valence-corrected chi connectivity index (χ3v) is 6.45. The molecule has 152 valence electrons. The van der Waals surface area contributed by atoms with Gasteiger partial charge in [-0.05, 0) is 45.4 Å². The molecule has 0 spiro atoms. The maximum Gasteiger partial charge on any atom is 0.251 e. The number of anilines is 3. The first-order valence-corrected chi connectivity index (χ1v) is 11.5. The molecule has 0 unspecified atom stereocenters. The van der Waals surface area contributed by atoms with Crippen LogP contribution >= 0.6 is 11.3 Å². The molecule has 0 bridgehead atoms. The average molecular weight is 424 g/mol. The largest absolute Gasteiger partial charge is 0.365 e. The summed E-state index contributed by atoms with van der Waals surface area (Å²) < 4.78 is 32.0. The van der Waals surface area contributed by atoms with E-state index in [0.29, 0.717) is 28.4 Å². The van der Waals surface area contributed by atoms with E-state index in [4.69, 9.17) is 10.5 Å². The van der Waals surface area contributed by atoms with Crippen molar-refractivity contribution in [2.24, 2.45) is 5.73 Å². The molecule has 1 aliphatic heterocycles. The Morgan fingerprint density at radius 1 is 1.18 bits per heavy atom. The van der Waals surface area contributed by atoms with E-state index in [1.807, 2.05) is 27.7 Å². The van der Waals surface area contributed by atoms with Crippen molar-refractivity contribution in [3.63, 3.8) is 0 Å². The van der Waals surface area contributed by atoms with Crippen molar-refractivity contribution in [1.82, 2.24) is 0 Å². The van der Waals surface area contributed by atoms with Crippen molar-refractivity contribution in [3.8, 4) is 0 Å². The molecule has 3 rings (SSSR count). The minimum atomic E-state index is -3.45. The lowest BCUT2D eigenvalue weighted by Crippen LogP contribution is -2.42. The number of amides is 1. The first kappa shape index (κ1) is 20.6. The van der Waals surface area contributed by atoms with E-state index >= 15 is 0 Å². The molecule has 0 aliphatic carbocycles. The zero-order valence-corrected chi connectivity index (χ0v) is 18.2. The van der Waals surface area contributed by atoms with Gasteiger partial charge in [0.1, 0.15) is 5.00 Å². The second kappa shape index (κ2) is 6.75. The molecule has 28 heavy (non-hydrogen) atoms. The SMILES string of the molecule is CC1(C)Cc2c(sc(Nc3ccccc3NS(C)(=O)=O)c2C(N)=O)C(C)(C)O1. The van der Waals surface area contributed by atoms with Gasteiger partial charge < -0.3 is 15.8 Å². The second-order valence-electron chi connectivity index (χ2n) is 8.07. The highest BCUT2D eigenvalue weighted by Crippen LogP contribution is 2.49. The maximum absolute atomic E-state index is 12.3. The molecule has 7 nitrogen and oxygen atoms in total. The average Bonchev–Trinajstić information content (AvgIpc) is 2.84. The number of carbonyl (C=O) groups excluding carboxylic acids is 1. The van der Waals surface area contributed by atoms with Crippen LogP contribution in [0.1, 0.15) is 48.5 Å². The molecule has 1 amide bonds. The van der Waals surface area contributed by atoms with Gasteiger partial charge in [0.25, 0.3) is 5.91 Å². The number of hydrogen-bond donors (Lipinski definition) is 3. The van der Waals surface area contributed by atoms with Gasteiger partial charge in [0, 0.05) is 11.3 Å². The summed E-state index contributed by atoms with van der Waals surface area (Å²) in [5.41, 5.74) is 6.96. The number of sulfonamides is 1.